The smallest absolute Gasteiger partial charge is 0.309 e. The number of methoxy groups -OCH3 is 1. The monoisotopic (exact) mass is 504 g/mol. The number of carboxylic acids is 1. The number of aliphatic hydroxyl groups excluding tert-OH is 1. The number of carboxylic acid groups (broad SMARTS) is 1. The standard InChI is InChI=1S/C25H29FN2O4S2/c1-32-17-4-5-20-18(15-17)23(19(26)16-27-20)21(29)6-7-25(24(30)31)8-10-28(11-9-25)12-14-34-22-3-2-13-33-22/h2-5,13,15-16,21,29H,6-12,14H2,1H3,(H,30,31). The van der Waals surface area contributed by atoms with Gasteiger partial charge in [0, 0.05) is 23.2 Å². The number of hydrogen-bond acceptors (Lipinski definition) is 7. The fourth-order valence-electron chi connectivity index (χ4n) is 4.59. The Bertz CT molecular complexity index is 1120. The Labute approximate surface area is 206 Å². The molecule has 34 heavy (non-hydrogen) atoms. The van der Waals surface area contributed by atoms with Crippen molar-refractivity contribution >= 4 is 40.0 Å². The number of rotatable bonds is 10. The first-order valence-corrected chi connectivity index (χ1v) is 13.2. The molecule has 3 heterocycles. The van der Waals surface area contributed by atoms with Gasteiger partial charge in [0.15, 0.2) is 0 Å². The molecule has 4 rings (SSSR count). The average Bonchev–Trinajstić information content (AvgIpc) is 3.36. The highest BCUT2D eigenvalue weighted by Crippen LogP contribution is 2.40. The molecule has 1 aliphatic rings. The zero-order chi connectivity index (χ0) is 24.1. The lowest BCUT2D eigenvalue weighted by Gasteiger charge is -2.39. The molecule has 1 saturated heterocycles. The molecule has 2 aromatic heterocycles. The number of halogens is 1. The van der Waals surface area contributed by atoms with Crippen molar-refractivity contribution < 1.29 is 24.1 Å². The van der Waals surface area contributed by atoms with Gasteiger partial charge in [0.2, 0.25) is 0 Å². The molecule has 0 radical (unpaired) electrons. The molecule has 6 nitrogen and oxygen atoms in total. The Morgan fingerprint density at radius 2 is 2.15 bits per heavy atom. The van der Waals surface area contributed by atoms with Crippen LogP contribution in [-0.4, -0.2) is 58.6 Å². The van der Waals surface area contributed by atoms with Crippen molar-refractivity contribution in [3.63, 3.8) is 0 Å². The van der Waals surface area contributed by atoms with Crippen LogP contribution in [0.5, 0.6) is 5.75 Å². The van der Waals surface area contributed by atoms with Crippen LogP contribution in [0.4, 0.5) is 4.39 Å². The third-order valence-electron chi connectivity index (χ3n) is 6.71. The molecule has 0 saturated carbocycles. The normalized spacial score (nSPS) is 17.0. The van der Waals surface area contributed by atoms with E-state index in [9.17, 15) is 19.4 Å². The van der Waals surface area contributed by atoms with Gasteiger partial charge in [0.05, 0.1) is 34.6 Å². The third-order valence-corrected chi connectivity index (χ3v) is 8.82. The van der Waals surface area contributed by atoms with Crippen molar-refractivity contribution in [3.05, 3.63) is 53.3 Å². The molecule has 1 atom stereocenters. The molecule has 3 aromatic rings. The Morgan fingerprint density at radius 3 is 2.82 bits per heavy atom. The number of hydrogen-bond donors (Lipinski definition) is 2. The fraction of sp³-hybridized carbons (Fsp3) is 0.440. The molecule has 0 bridgehead atoms. The summed E-state index contributed by atoms with van der Waals surface area (Å²) in [4.78, 5) is 18.7. The number of piperidine rings is 1. The maximum atomic E-state index is 14.7. The van der Waals surface area contributed by atoms with Gasteiger partial charge in [-0.05, 0) is 68.4 Å². The Kier molecular flexibility index (Phi) is 8.08. The second-order valence-electron chi connectivity index (χ2n) is 8.67. The number of fused-ring (bicyclic) bond motifs is 1. The number of pyridine rings is 1. The zero-order valence-corrected chi connectivity index (χ0v) is 20.7. The summed E-state index contributed by atoms with van der Waals surface area (Å²) >= 11 is 3.55. The van der Waals surface area contributed by atoms with Crippen LogP contribution in [0.3, 0.4) is 0 Å². The van der Waals surface area contributed by atoms with Gasteiger partial charge in [-0.1, -0.05) is 6.07 Å². The third kappa shape index (κ3) is 5.54. The molecule has 182 valence electrons. The van der Waals surface area contributed by atoms with Crippen LogP contribution in [0.25, 0.3) is 10.9 Å². The number of likely N-dealkylation sites (tertiary alicyclic amines) is 1. The molecular formula is C25H29FN2O4S2. The average molecular weight is 505 g/mol. The van der Waals surface area contributed by atoms with Crippen molar-refractivity contribution in [3.8, 4) is 5.75 Å². The number of aliphatic carboxylic acids is 1. The van der Waals surface area contributed by atoms with Gasteiger partial charge in [-0.2, -0.15) is 0 Å². The topological polar surface area (TPSA) is 82.9 Å². The summed E-state index contributed by atoms with van der Waals surface area (Å²) in [6.45, 7) is 2.32. The molecule has 0 amide bonds. The highest BCUT2D eigenvalue weighted by molar-refractivity contribution is 8.01. The minimum absolute atomic E-state index is 0.146. The van der Waals surface area contributed by atoms with Crippen molar-refractivity contribution in [2.45, 2.75) is 36.0 Å². The van der Waals surface area contributed by atoms with Crippen molar-refractivity contribution in [1.29, 1.82) is 0 Å². The van der Waals surface area contributed by atoms with Crippen LogP contribution < -0.4 is 4.74 Å². The van der Waals surface area contributed by atoms with Gasteiger partial charge in [0.1, 0.15) is 11.6 Å². The maximum absolute atomic E-state index is 14.7. The fourth-order valence-corrected chi connectivity index (χ4v) is 6.45. The molecular weight excluding hydrogens is 475 g/mol. The predicted octanol–water partition coefficient (Wildman–Crippen LogP) is 5.22. The molecule has 1 fully saturated rings. The van der Waals surface area contributed by atoms with E-state index in [1.54, 1.807) is 29.5 Å². The number of benzene rings is 1. The number of nitrogens with zero attached hydrogens (tertiary/aromatic N) is 2. The van der Waals surface area contributed by atoms with Gasteiger partial charge in [0.25, 0.3) is 0 Å². The molecule has 2 N–H and O–H groups in total. The van der Waals surface area contributed by atoms with Gasteiger partial charge >= 0.3 is 5.97 Å². The first-order chi connectivity index (χ1) is 16.4. The van der Waals surface area contributed by atoms with Crippen molar-refractivity contribution in [2.24, 2.45) is 5.41 Å². The van der Waals surface area contributed by atoms with E-state index in [1.165, 1.54) is 11.3 Å². The van der Waals surface area contributed by atoms with Gasteiger partial charge in [-0.25, -0.2) is 4.39 Å². The van der Waals surface area contributed by atoms with E-state index in [2.05, 4.69) is 21.3 Å². The SMILES string of the molecule is COc1ccc2ncc(F)c(C(O)CCC3(C(=O)O)CCN(CCSc4cccs4)CC3)c2c1. The summed E-state index contributed by atoms with van der Waals surface area (Å²) in [5.41, 5.74) is -0.208. The zero-order valence-electron chi connectivity index (χ0n) is 19.1. The van der Waals surface area contributed by atoms with E-state index < -0.39 is 23.3 Å². The lowest BCUT2D eigenvalue weighted by Crippen LogP contribution is -2.45. The summed E-state index contributed by atoms with van der Waals surface area (Å²) in [6, 6.07) is 9.26. The Hall–Kier alpha value is -2.20. The molecule has 1 aromatic carbocycles. The lowest BCUT2D eigenvalue weighted by atomic mass is 9.74. The predicted molar refractivity (Wildman–Crippen MR) is 133 cm³/mol. The summed E-state index contributed by atoms with van der Waals surface area (Å²) in [5.74, 6) is 0.0710. The second-order valence-corrected chi connectivity index (χ2v) is 11.0. The number of thioether (sulfide) groups is 1. The van der Waals surface area contributed by atoms with Crippen molar-refractivity contribution in [1.82, 2.24) is 9.88 Å². The quantitative estimate of drug-likeness (QED) is 0.367. The Morgan fingerprint density at radius 1 is 1.35 bits per heavy atom. The second kappa shape index (κ2) is 11.0. The number of aliphatic hydroxyl groups is 1. The number of ether oxygens (including phenoxy) is 1. The maximum Gasteiger partial charge on any atom is 0.309 e. The lowest BCUT2D eigenvalue weighted by molar-refractivity contribution is -0.153. The number of thiophene rings is 1. The van der Waals surface area contributed by atoms with E-state index >= 15 is 0 Å². The van der Waals surface area contributed by atoms with Crippen molar-refractivity contribution in [2.75, 3.05) is 32.5 Å². The first-order valence-electron chi connectivity index (χ1n) is 11.3. The van der Waals surface area contributed by atoms with E-state index in [1.807, 2.05) is 17.8 Å². The first kappa shape index (κ1) is 24.9. The summed E-state index contributed by atoms with van der Waals surface area (Å²) in [6.07, 6.45) is 1.46. The molecule has 0 spiro atoms. The number of carbonyl (C=O) groups is 1. The minimum Gasteiger partial charge on any atom is -0.497 e. The summed E-state index contributed by atoms with van der Waals surface area (Å²) in [7, 11) is 1.52. The van der Waals surface area contributed by atoms with E-state index in [-0.39, 0.29) is 18.4 Å². The molecule has 1 aliphatic heterocycles. The summed E-state index contributed by atoms with van der Waals surface area (Å²) < 4.78 is 21.2. The number of aromatic nitrogens is 1. The highest BCUT2D eigenvalue weighted by Gasteiger charge is 2.41. The largest absolute Gasteiger partial charge is 0.497 e. The van der Waals surface area contributed by atoms with E-state index in [0.29, 0.717) is 42.6 Å². The van der Waals surface area contributed by atoms with Crippen LogP contribution in [0.1, 0.15) is 37.4 Å². The van der Waals surface area contributed by atoms with Crippen LogP contribution in [-0.2, 0) is 4.79 Å². The minimum atomic E-state index is -1.13. The van der Waals surface area contributed by atoms with Gasteiger partial charge in [-0.15, -0.1) is 23.1 Å². The summed E-state index contributed by atoms with van der Waals surface area (Å²) in [5, 5.41) is 23.5. The molecule has 1 unspecified atom stereocenters. The van der Waals surface area contributed by atoms with Gasteiger partial charge in [-0.3, -0.25) is 9.78 Å². The van der Waals surface area contributed by atoms with E-state index in [0.717, 1.165) is 18.5 Å². The van der Waals surface area contributed by atoms with E-state index in [4.69, 9.17) is 4.74 Å². The molecule has 0 aliphatic carbocycles. The molecule has 9 heteroatoms. The van der Waals surface area contributed by atoms with Crippen LogP contribution in [0, 0.1) is 11.2 Å². The Balaban J connectivity index is 1.39. The van der Waals surface area contributed by atoms with Crippen LogP contribution in [0.15, 0.2) is 46.1 Å². The highest BCUT2D eigenvalue weighted by atomic mass is 32.2. The van der Waals surface area contributed by atoms with Gasteiger partial charge < -0.3 is 19.8 Å². The van der Waals surface area contributed by atoms with Crippen LogP contribution >= 0.6 is 23.1 Å². The van der Waals surface area contributed by atoms with Crippen LogP contribution in [0.2, 0.25) is 0 Å².